The van der Waals surface area contributed by atoms with Gasteiger partial charge in [-0.3, -0.25) is 4.90 Å². The number of carboxylic acids is 1. The van der Waals surface area contributed by atoms with Gasteiger partial charge in [-0.05, 0) is 37.2 Å². The lowest BCUT2D eigenvalue weighted by Gasteiger charge is -2.47. The maximum atomic E-state index is 11.8. The standard InChI is InChI=1S/C18H25BN2O5/c20-13-3-1-2-4-14(13)21-9-12(10-21)25-15-6-5-11-7-8-19(24)26-17(11)16(15)18(22)23/h5-6,12-14,24H,1-4,7-10,20H2,(H,22,23)/t13-,14-/m0/s1. The first-order valence-corrected chi connectivity index (χ1v) is 9.43. The summed E-state index contributed by atoms with van der Waals surface area (Å²) in [6, 6.07) is 4.16. The van der Waals surface area contributed by atoms with E-state index in [-0.39, 0.29) is 23.5 Å². The Bertz CT molecular complexity index is 694. The maximum absolute atomic E-state index is 11.8. The first-order valence-electron chi connectivity index (χ1n) is 9.43. The zero-order valence-electron chi connectivity index (χ0n) is 14.8. The zero-order chi connectivity index (χ0) is 18.3. The smallest absolute Gasteiger partial charge is 0.522 e. The molecule has 7 nitrogen and oxygen atoms in total. The largest absolute Gasteiger partial charge is 0.535 e. The van der Waals surface area contributed by atoms with E-state index < -0.39 is 13.1 Å². The van der Waals surface area contributed by atoms with Crippen LogP contribution in [0.25, 0.3) is 0 Å². The summed E-state index contributed by atoms with van der Waals surface area (Å²) in [5.41, 5.74) is 7.04. The molecule has 1 saturated heterocycles. The summed E-state index contributed by atoms with van der Waals surface area (Å²) in [5.74, 6) is -0.557. The zero-order valence-corrected chi connectivity index (χ0v) is 14.8. The van der Waals surface area contributed by atoms with Crippen LogP contribution in [0.4, 0.5) is 0 Å². The van der Waals surface area contributed by atoms with Gasteiger partial charge in [0.05, 0.1) is 0 Å². The van der Waals surface area contributed by atoms with E-state index >= 15 is 0 Å². The summed E-state index contributed by atoms with van der Waals surface area (Å²) >= 11 is 0. The Labute approximate surface area is 153 Å². The third kappa shape index (κ3) is 3.29. The number of carboxylic acid groups (broad SMARTS) is 1. The highest BCUT2D eigenvalue weighted by Crippen LogP contribution is 2.37. The quantitative estimate of drug-likeness (QED) is 0.692. The molecule has 0 unspecified atom stereocenters. The van der Waals surface area contributed by atoms with Crippen LogP contribution in [0.2, 0.25) is 6.32 Å². The Kier molecular flexibility index (Phi) is 4.81. The molecule has 3 aliphatic rings. The summed E-state index contributed by atoms with van der Waals surface area (Å²) in [7, 11) is -0.970. The Morgan fingerprint density at radius 1 is 1.31 bits per heavy atom. The van der Waals surface area contributed by atoms with Crippen LogP contribution in [0.3, 0.4) is 0 Å². The number of hydrogen-bond donors (Lipinski definition) is 3. The molecular weight excluding hydrogens is 335 g/mol. The molecule has 0 bridgehead atoms. The van der Waals surface area contributed by atoms with E-state index in [9.17, 15) is 14.9 Å². The highest BCUT2D eigenvalue weighted by atomic mass is 16.5. The van der Waals surface area contributed by atoms with Gasteiger partial charge in [-0.25, -0.2) is 4.79 Å². The van der Waals surface area contributed by atoms with Crippen molar-refractivity contribution < 1.29 is 24.3 Å². The van der Waals surface area contributed by atoms with Gasteiger partial charge in [-0.15, -0.1) is 0 Å². The molecule has 4 N–H and O–H groups in total. The van der Waals surface area contributed by atoms with Crippen molar-refractivity contribution in [3.8, 4) is 11.5 Å². The van der Waals surface area contributed by atoms with Crippen molar-refractivity contribution in [2.45, 2.75) is 56.6 Å². The number of likely N-dealkylation sites (tertiary alicyclic amines) is 1. The lowest BCUT2D eigenvalue weighted by Crippen LogP contribution is -2.62. The van der Waals surface area contributed by atoms with Gasteiger partial charge >= 0.3 is 13.1 Å². The SMILES string of the molecule is N[C@H]1CCCC[C@@H]1N1CC(Oc2ccc3c(c2C(=O)O)OB(O)CC3)C1. The minimum Gasteiger partial charge on any atom is -0.535 e. The van der Waals surface area contributed by atoms with Crippen molar-refractivity contribution in [2.75, 3.05) is 13.1 Å². The van der Waals surface area contributed by atoms with Crippen molar-refractivity contribution >= 4 is 13.1 Å². The molecule has 1 aromatic rings. The lowest BCUT2D eigenvalue weighted by molar-refractivity contribution is -0.0248. The van der Waals surface area contributed by atoms with Gasteiger partial charge in [-0.1, -0.05) is 18.9 Å². The fourth-order valence-corrected chi connectivity index (χ4v) is 4.30. The van der Waals surface area contributed by atoms with E-state index in [2.05, 4.69) is 4.90 Å². The molecule has 2 heterocycles. The van der Waals surface area contributed by atoms with Crippen molar-refractivity contribution in [1.29, 1.82) is 0 Å². The predicted octanol–water partition coefficient (Wildman–Crippen LogP) is 1.13. The van der Waals surface area contributed by atoms with Crippen LogP contribution in [-0.4, -0.2) is 59.4 Å². The molecule has 2 atom stereocenters. The van der Waals surface area contributed by atoms with E-state index in [1.54, 1.807) is 6.07 Å². The number of nitrogens with two attached hydrogens (primary N) is 1. The maximum Gasteiger partial charge on any atom is 0.522 e. The fourth-order valence-electron chi connectivity index (χ4n) is 4.30. The van der Waals surface area contributed by atoms with Gasteiger partial charge < -0.3 is 25.3 Å². The van der Waals surface area contributed by atoms with E-state index in [1.807, 2.05) is 6.07 Å². The number of aromatic carboxylic acids is 1. The van der Waals surface area contributed by atoms with Crippen molar-refractivity contribution in [3.63, 3.8) is 0 Å². The number of ether oxygens (including phenoxy) is 1. The van der Waals surface area contributed by atoms with E-state index in [4.69, 9.17) is 15.1 Å². The average molecular weight is 360 g/mol. The molecule has 2 fully saturated rings. The second-order valence-corrected chi connectivity index (χ2v) is 7.55. The van der Waals surface area contributed by atoms with Crippen LogP contribution in [0.1, 0.15) is 41.6 Å². The Balaban J connectivity index is 1.46. The van der Waals surface area contributed by atoms with Crippen LogP contribution in [0.15, 0.2) is 12.1 Å². The van der Waals surface area contributed by atoms with Crippen molar-refractivity contribution in [1.82, 2.24) is 4.90 Å². The van der Waals surface area contributed by atoms with Crippen LogP contribution in [0.5, 0.6) is 11.5 Å². The summed E-state index contributed by atoms with van der Waals surface area (Å²) in [6.45, 7) is 1.52. The van der Waals surface area contributed by atoms with Crippen LogP contribution >= 0.6 is 0 Å². The number of nitrogens with zero attached hydrogens (tertiary/aromatic N) is 1. The van der Waals surface area contributed by atoms with Crippen molar-refractivity contribution in [2.24, 2.45) is 5.73 Å². The number of fused-ring (bicyclic) bond motifs is 1. The minimum absolute atomic E-state index is 0.00840. The number of carbonyl (C=O) groups is 1. The Hall–Kier alpha value is -1.77. The molecule has 1 aliphatic carbocycles. The third-order valence-electron chi connectivity index (χ3n) is 5.75. The molecule has 0 amide bonds. The van der Waals surface area contributed by atoms with Crippen LogP contribution in [-0.2, 0) is 6.42 Å². The normalized spacial score (nSPS) is 26.6. The fraction of sp³-hybridized carbons (Fsp3) is 0.611. The molecule has 26 heavy (non-hydrogen) atoms. The van der Waals surface area contributed by atoms with Crippen LogP contribution < -0.4 is 15.1 Å². The molecule has 0 spiro atoms. The van der Waals surface area contributed by atoms with Gasteiger partial charge in [-0.2, -0.15) is 0 Å². The monoisotopic (exact) mass is 360 g/mol. The van der Waals surface area contributed by atoms with Gasteiger partial charge in [0, 0.05) is 25.2 Å². The van der Waals surface area contributed by atoms with Gasteiger partial charge in [0.15, 0.2) is 0 Å². The highest BCUT2D eigenvalue weighted by Gasteiger charge is 2.38. The predicted molar refractivity (Wildman–Crippen MR) is 96.7 cm³/mol. The first-order chi connectivity index (χ1) is 12.5. The highest BCUT2D eigenvalue weighted by molar-refractivity contribution is 6.44. The molecule has 0 radical (unpaired) electrons. The van der Waals surface area contributed by atoms with Gasteiger partial charge in [0.25, 0.3) is 0 Å². The van der Waals surface area contributed by atoms with E-state index in [0.29, 0.717) is 24.5 Å². The Morgan fingerprint density at radius 2 is 2.08 bits per heavy atom. The van der Waals surface area contributed by atoms with Gasteiger partial charge in [0.2, 0.25) is 0 Å². The average Bonchev–Trinajstić information content (AvgIpc) is 2.57. The van der Waals surface area contributed by atoms with Crippen LogP contribution in [0, 0.1) is 0 Å². The number of aryl methyl sites for hydroxylation is 1. The van der Waals surface area contributed by atoms with E-state index in [0.717, 1.165) is 31.5 Å². The second kappa shape index (κ2) is 7.10. The molecule has 1 saturated carbocycles. The second-order valence-electron chi connectivity index (χ2n) is 7.55. The number of hydrogen-bond acceptors (Lipinski definition) is 6. The molecule has 140 valence electrons. The first kappa shape index (κ1) is 17.6. The summed E-state index contributed by atoms with van der Waals surface area (Å²) in [6.07, 6.45) is 5.62. The Morgan fingerprint density at radius 3 is 2.81 bits per heavy atom. The topological polar surface area (TPSA) is 105 Å². The lowest BCUT2D eigenvalue weighted by atomic mass is 9.78. The van der Waals surface area contributed by atoms with Crippen molar-refractivity contribution in [3.05, 3.63) is 23.3 Å². The molecule has 4 rings (SSSR count). The van der Waals surface area contributed by atoms with E-state index in [1.165, 1.54) is 12.8 Å². The van der Waals surface area contributed by atoms with Gasteiger partial charge in [0.1, 0.15) is 23.2 Å². The summed E-state index contributed by atoms with van der Waals surface area (Å²) in [4.78, 5) is 14.1. The summed E-state index contributed by atoms with van der Waals surface area (Å²) in [5, 5.41) is 19.4. The minimum atomic E-state index is -1.10. The molecule has 2 aliphatic heterocycles. The number of rotatable bonds is 4. The molecule has 0 aromatic heterocycles. The molecular formula is C18H25BN2O5. The molecule has 1 aromatic carbocycles. The third-order valence-corrected chi connectivity index (χ3v) is 5.75. The molecule has 8 heteroatoms. The number of benzene rings is 1. The summed E-state index contributed by atoms with van der Waals surface area (Å²) < 4.78 is 11.4.